The van der Waals surface area contributed by atoms with E-state index >= 15 is 0 Å². The number of hydrogen-bond donors (Lipinski definition) is 3. The minimum atomic E-state index is -0.835. The van der Waals surface area contributed by atoms with E-state index in [1.165, 1.54) is 0 Å². The molecule has 0 radical (unpaired) electrons. The molecule has 4 rings (SSSR count). The average Bonchev–Trinajstić information content (AvgIpc) is 3.11. The minimum Gasteiger partial charge on any atom is -0.383 e. The van der Waals surface area contributed by atoms with Crippen LogP contribution in [0.3, 0.4) is 0 Å². The molecule has 0 bridgehead atoms. The number of aliphatic hydroxyl groups is 1. The summed E-state index contributed by atoms with van der Waals surface area (Å²) in [6.07, 6.45) is 6.07. The molecule has 3 heterocycles. The van der Waals surface area contributed by atoms with Crippen LogP contribution in [0.5, 0.6) is 0 Å². The summed E-state index contributed by atoms with van der Waals surface area (Å²) in [5, 5.41) is 18.7. The number of hydrogen-bond acceptors (Lipinski definition) is 7. The molecule has 0 amide bonds. The van der Waals surface area contributed by atoms with Crippen molar-refractivity contribution in [3.63, 3.8) is 0 Å². The number of benzene rings is 1. The maximum Gasteiger partial charge on any atom is 0.227 e. The first-order chi connectivity index (χ1) is 14.7. The van der Waals surface area contributed by atoms with E-state index in [-0.39, 0.29) is 5.41 Å². The summed E-state index contributed by atoms with van der Waals surface area (Å²) in [6.45, 7) is 10.3. The summed E-state index contributed by atoms with van der Waals surface area (Å²) in [6, 6.07) is 8.28. The van der Waals surface area contributed by atoms with Gasteiger partial charge in [0.1, 0.15) is 10.6 Å². The number of nitrogens with zero attached hydrogens (tertiary/aromatic N) is 3. The Morgan fingerprint density at radius 2 is 1.97 bits per heavy atom. The molecular formula is C24H31N5OS. The molecule has 1 atom stereocenters. The molecule has 3 N–H and O–H groups in total. The lowest BCUT2D eigenvalue weighted by Crippen LogP contribution is -2.26. The maximum atomic E-state index is 11.2. The highest BCUT2D eigenvalue weighted by molar-refractivity contribution is 7.15. The second kappa shape index (κ2) is 8.65. The van der Waals surface area contributed by atoms with E-state index < -0.39 is 5.60 Å². The smallest absolute Gasteiger partial charge is 0.227 e. The zero-order valence-corrected chi connectivity index (χ0v) is 19.5. The molecular weight excluding hydrogens is 406 g/mol. The van der Waals surface area contributed by atoms with Gasteiger partial charge in [-0.2, -0.15) is 0 Å². The number of thiazole rings is 1. The van der Waals surface area contributed by atoms with Crippen molar-refractivity contribution in [1.82, 2.24) is 20.3 Å². The van der Waals surface area contributed by atoms with Crippen molar-refractivity contribution in [3.05, 3.63) is 52.9 Å². The minimum absolute atomic E-state index is 0.0378. The molecule has 1 aliphatic rings. The van der Waals surface area contributed by atoms with Gasteiger partial charge in [0.25, 0.3) is 0 Å². The van der Waals surface area contributed by atoms with Gasteiger partial charge in [-0.15, -0.1) is 11.3 Å². The third-order valence-electron chi connectivity index (χ3n) is 5.61. The Balaban J connectivity index is 1.60. The first kappa shape index (κ1) is 21.9. The summed E-state index contributed by atoms with van der Waals surface area (Å²) in [7, 11) is 0. The molecule has 1 fully saturated rings. The Morgan fingerprint density at radius 1 is 1.13 bits per heavy atom. The molecule has 0 spiro atoms. The Bertz CT molecular complexity index is 1050. The standard InChI is InChI=1S/C24H31N5OS/c1-16-12-17(19-15-27-21(31-19)24(30)7-5-9-25-11-8-24)14-18(13-16)28-22-26-10-6-20(29-22)23(2,3)4/h6,10,12-15,25,30H,5,7-9,11H2,1-4H3,(H,26,28,29). The maximum absolute atomic E-state index is 11.2. The van der Waals surface area contributed by atoms with Gasteiger partial charge in [0.2, 0.25) is 5.95 Å². The quantitative estimate of drug-likeness (QED) is 0.538. The van der Waals surface area contributed by atoms with Gasteiger partial charge in [-0.1, -0.05) is 26.8 Å². The van der Waals surface area contributed by atoms with Crippen LogP contribution >= 0.6 is 11.3 Å². The Hall–Kier alpha value is -2.35. The van der Waals surface area contributed by atoms with E-state index in [1.54, 1.807) is 17.5 Å². The number of anilines is 2. The van der Waals surface area contributed by atoms with Crippen LogP contribution in [0.15, 0.2) is 36.7 Å². The van der Waals surface area contributed by atoms with Crippen molar-refractivity contribution in [3.8, 4) is 10.4 Å². The van der Waals surface area contributed by atoms with Crippen LogP contribution in [0.2, 0.25) is 0 Å². The van der Waals surface area contributed by atoms with E-state index in [9.17, 15) is 5.11 Å². The third-order valence-corrected chi connectivity index (χ3v) is 6.84. The summed E-state index contributed by atoms with van der Waals surface area (Å²) in [5.74, 6) is 0.592. The predicted molar refractivity (Wildman–Crippen MR) is 127 cm³/mol. The zero-order valence-electron chi connectivity index (χ0n) is 18.7. The van der Waals surface area contributed by atoms with E-state index in [4.69, 9.17) is 0 Å². The van der Waals surface area contributed by atoms with Gasteiger partial charge >= 0.3 is 0 Å². The highest BCUT2D eigenvalue weighted by atomic mass is 32.1. The summed E-state index contributed by atoms with van der Waals surface area (Å²) < 4.78 is 0. The summed E-state index contributed by atoms with van der Waals surface area (Å²) >= 11 is 1.58. The van der Waals surface area contributed by atoms with Crippen LogP contribution in [0.25, 0.3) is 10.4 Å². The van der Waals surface area contributed by atoms with Crippen molar-refractivity contribution >= 4 is 23.0 Å². The number of nitrogens with one attached hydrogen (secondary N) is 2. The second-order valence-electron chi connectivity index (χ2n) is 9.39. The van der Waals surface area contributed by atoms with Gasteiger partial charge in [0.15, 0.2) is 0 Å². The lowest BCUT2D eigenvalue weighted by atomic mass is 9.92. The highest BCUT2D eigenvalue weighted by Crippen LogP contribution is 2.38. The topological polar surface area (TPSA) is 83.0 Å². The highest BCUT2D eigenvalue weighted by Gasteiger charge is 2.33. The molecule has 1 aromatic carbocycles. The Labute approximate surface area is 188 Å². The largest absolute Gasteiger partial charge is 0.383 e. The Kier molecular flexibility index (Phi) is 6.10. The number of aryl methyl sites for hydroxylation is 1. The van der Waals surface area contributed by atoms with Crippen LogP contribution in [0.4, 0.5) is 11.6 Å². The zero-order chi connectivity index (χ0) is 22.1. The van der Waals surface area contributed by atoms with Crippen LogP contribution in [-0.2, 0) is 11.0 Å². The predicted octanol–water partition coefficient (Wildman–Crippen LogP) is 4.91. The first-order valence-electron chi connectivity index (χ1n) is 10.8. The van der Waals surface area contributed by atoms with E-state index in [2.05, 4.69) is 71.5 Å². The molecule has 1 saturated heterocycles. The molecule has 31 heavy (non-hydrogen) atoms. The van der Waals surface area contributed by atoms with Crippen molar-refractivity contribution < 1.29 is 5.11 Å². The molecule has 1 aliphatic heterocycles. The molecule has 3 aromatic rings. The van der Waals surface area contributed by atoms with Gasteiger partial charge in [-0.05, 0) is 68.6 Å². The summed E-state index contributed by atoms with van der Waals surface area (Å²) in [4.78, 5) is 14.7. The molecule has 1 unspecified atom stereocenters. The van der Waals surface area contributed by atoms with Gasteiger partial charge in [0.05, 0.1) is 10.6 Å². The van der Waals surface area contributed by atoms with E-state index in [0.717, 1.165) is 58.3 Å². The Morgan fingerprint density at radius 3 is 2.77 bits per heavy atom. The fourth-order valence-electron chi connectivity index (χ4n) is 3.85. The van der Waals surface area contributed by atoms with E-state index in [0.29, 0.717) is 12.4 Å². The van der Waals surface area contributed by atoms with Crippen molar-refractivity contribution in [1.29, 1.82) is 0 Å². The molecule has 0 saturated carbocycles. The lowest BCUT2D eigenvalue weighted by molar-refractivity contribution is 0.0238. The first-order valence-corrected chi connectivity index (χ1v) is 11.7. The number of rotatable bonds is 4. The van der Waals surface area contributed by atoms with Crippen molar-refractivity contribution in [2.75, 3.05) is 18.4 Å². The SMILES string of the molecule is Cc1cc(Nc2nccc(C(C)(C)C)n2)cc(-c2cnc(C3(O)CCCNCC3)s2)c1. The molecule has 2 aromatic heterocycles. The van der Waals surface area contributed by atoms with Gasteiger partial charge in [-0.25, -0.2) is 15.0 Å². The molecule has 164 valence electrons. The van der Waals surface area contributed by atoms with Crippen LogP contribution in [0, 0.1) is 6.92 Å². The third kappa shape index (κ3) is 5.11. The van der Waals surface area contributed by atoms with Gasteiger partial charge < -0.3 is 15.7 Å². The molecule has 0 aliphatic carbocycles. The van der Waals surface area contributed by atoms with Crippen LogP contribution in [0.1, 0.15) is 56.3 Å². The van der Waals surface area contributed by atoms with Gasteiger partial charge in [-0.3, -0.25) is 0 Å². The average molecular weight is 438 g/mol. The summed E-state index contributed by atoms with van der Waals surface area (Å²) in [5.41, 5.74) is 3.28. The van der Waals surface area contributed by atoms with Crippen LogP contribution < -0.4 is 10.6 Å². The number of aromatic nitrogens is 3. The fraction of sp³-hybridized carbons (Fsp3) is 0.458. The van der Waals surface area contributed by atoms with Crippen LogP contribution in [-0.4, -0.2) is 33.1 Å². The van der Waals surface area contributed by atoms with Crippen molar-refractivity contribution in [2.24, 2.45) is 0 Å². The van der Waals surface area contributed by atoms with E-state index in [1.807, 2.05) is 12.3 Å². The van der Waals surface area contributed by atoms with Crippen molar-refractivity contribution in [2.45, 2.75) is 58.0 Å². The van der Waals surface area contributed by atoms with Gasteiger partial charge in [0, 0.05) is 23.5 Å². The fourth-order valence-corrected chi connectivity index (χ4v) is 4.90. The molecule has 6 nitrogen and oxygen atoms in total. The lowest BCUT2D eigenvalue weighted by Gasteiger charge is -2.23. The second-order valence-corrected chi connectivity index (χ2v) is 10.4. The monoisotopic (exact) mass is 437 g/mol. The normalized spacial score (nSPS) is 19.8. The molecule has 7 heteroatoms.